The van der Waals surface area contributed by atoms with Gasteiger partial charge in [-0.2, -0.15) is 0 Å². The molecule has 0 aliphatic heterocycles. The molecule has 0 saturated heterocycles. The molecule has 0 aliphatic rings. The van der Waals surface area contributed by atoms with Crippen LogP contribution in [0.2, 0.25) is 0 Å². The van der Waals surface area contributed by atoms with E-state index in [9.17, 15) is 9.59 Å². The molecule has 0 aliphatic carbocycles. The van der Waals surface area contributed by atoms with Crippen molar-refractivity contribution in [1.82, 2.24) is 0 Å². The van der Waals surface area contributed by atoms with E-state index in [4.69, 9.17) is 14.2 Å². The predicted molar refractivity (Wildman–Crippen MR) is 102 cm³/mol. The molecule has 26 heavy (non-hydrogen) atoms. The molecule has 1 rings (SSSR count). The fraction of sp³-hybridized carbons (Fsp3) is 0.600. The Hall–Kier alpha value is -2.08. The summed E-state index contributed by atoms with van der Waals surface area (Å²) in [6.45, 7) is 8.66. The summed E-state index contributed by atoms with van der Waals surface area (Å²) >= 11 is 0. The lowest BCUT2D eigenvalue weighted by atomic mass is 9.97. The molecule has 0 radical (unpaired) electrons. The second kappa shape index (κ2) is 10.8. The van der Waals surface area contributed by atoms with Gasteiger partial charge in [0.1, 0.15) is 16.9 Å². The summed E-state index contributed by atoms with van der Waals surface area (Å²) in [6, 6.07) is 4.95. The van der Waals surface area contributed by atoms with Crippen LogP contribution in [0.15, 0.2) is 18.2 Å². The third kappa shape index (κ3) is 6.02. The number of hydrogen-bond donors (Lipinski definition) is 1. The lowest BCUT2D eigenvalue weighted by molar-refractivity contribution is -0.139. The van der Waals surface area contributed by atoms with E-state index >= 15 is 0 Å². The van der Waals surface area contributed by atoms with E-state index in [1.54, 1.807) is 25.1 Å². The minimum Gasteiger partial charge on any atom is -0.493 e. The molecule has 0 aromatic heterocycles. The first-order chi connectivity index (χ1) is 12.4. The van der Waals surface area contributed by atoms with E-state index in [0.29, 0.717) is 31.1 Å². The number of hydrogen-bond acceptors (Lipinski definition) is 5. The monoisotopic (exact) mass is 365 g/mol. The number of benzene rings is 1. The van der Waals surface area contributed by atoms with Crippen molar-refractivity contribution in [3.63, 3.8) is 0 Å². The van der Waals surface area contributed by atoms with Crippen LogP contribution in [0.5, 0.6) is 5.75 Å². The molecule has 1 N–H and O–H groups in total. The molecule has 0 spiro atoms. The average molecular weight is 365 g/mol. The second-order valence-corrected chi connectivity index (χ2v) is 6.27. The highest BCUT2D eigenvalue weighted by Gasteiger charge is 2.33. The van der Waals surface area contributed by atoms with Gasteiger partial charge in [-0.25, -0.2) is 4.79 Å². The number of nitrogens with one attached hydrogen (secondary N) is 1. The fourth-order valence-corrected chi connectivity index (χ4v) is 2.56. The van der Waals surface area contributed by atoms with Crippen LogP contribution >= 0.6 is 0 Å². The molecule has 1 atom stereocenters. The van der Waals surface area contributed by atoms with Crippen molar-refractivity contribution in [2.24, 2.45) is 0 Å². The van der Waals surface area contributed by atoms with Crippen molar-refractivity contribution in [2.45, 2.75) is 59.0 Å². The van der Waals surface area contributed by atoms with Gasteiger partial charge < -0.3 is 19.5 Å². The van der Waals surface area contributed by atoms with E-state index in [2.05, 4.69) is 12.2 Å². The van der Waals surface area contributed by atoms with Crippen LogP contribution in [-0.4, -0.2) is 37.8 Å². The summed E-state index contributed by atoms with van der Waals surface area (Å²) in [5, 5.41) is 2.85. The predicted octanol–water partition coefficient (Wildman–Crippen LogP) is 4.19. The maximum Gasteiger partial charge on any atom is 0.341 e. The molecule has 0 heterocycles. The topological polar surface area (TPSA) is 73.9 Å². The van der Waals surface area contributed by atoms with Gasteiger partial charge in [0.15, 0.2) is 0 Å². The van der Waals surface area contributed by atoms with E-state index in [1.807, 2.05) is 13.8 Å². The van der Waals surface area contributed by atoms with Gasteiger partial charge >= 0.3 is 5.97 Å². The van der Waals surface area contributed by atoms with Crippen LogP contribution in [0.4, 0.5) is 5.69 Å². The van der Waals surface area contributed by atoms with E-state index in [1.165, 1.54) is 7.11 Å². The van der Waals surface area contributed by atoms with Gasteiger partial charge in [0.25, 0.3) is 5.91 Å². The van der Waals surface area contributed by atoms with Gasteiger partial charge in [0.2, 0.25) is 0 Å². The SMILES string of the molecule is CCCCC(C)(OCC)C(=O)Nc1ccc(OCCC)c(C(=O)OC)c1. The highest BCUT2D eigenvalue weighted by Crippen LogP contribution is 2.26. The molecule has 0 saturated carbocycles. The first-order valence-corrected chi connectivity index (χ1v) is 9.22. The molecule has 1 aromatic carbocycles. The van der Waals surface area contributed by atoms with Crippen molar-refractivity contribution < 1.29 is 23.8 Å². The Morgan fingerprint density at radius 1 is 1.15 bits per heavy atom. The van der Waals surface area contributed by atoms with Gasteiger partial charge in [-0.1, -0.05) is 26.7 Å². The number of methoxy groups -OCH3 is 1. The molecular weight excluding hydrogens is 334 g/mol. The number of unbranched alkanes of at least 4 members (excludes halogenated alkanes) is 1. The fourth-order valence-electron chi connectivity index (χ4n) is 2.56. The molecule has 0 fully saturated rings. The van der Waals surface area contributed by atoms with E-state index < -0.39 is 11.6 Å². The highest BCUT2D eigenvalue weighted by molar-refractivity contribution is 5.99. The van der Waals surface area contributed by atoms with Crippen LogP contribution < -0.4 is 10.1 Å². The third-order valence-corrected chi connectivity index (χ3v) is 4.06. The number of carbonyl (C=O) groups is 2. The van der Waals surface area contributed by atoms with Gasteiger partial charge in [-0.3, -0.25) is 4.79 Å². The molecule has 1 unspecified atom stereocenters. The van der Waals surface area contributed by atoms with Crippen molar-refractivity contribution in [3.05, 3.63) is 23.8 Å². The summed E-state index contributed by atoms with van der Waals surface area (Å²) in [4.78, 5) is 24.8. The third-order valence-electron chi connectivity index (χ3n) is 4.06. The quantitative estimate of drug-likeness (QED) is 0.595. The zero-order chi connectivity index (χ0) is 19.6. The lowest BCUT2D eigenvalue weighted by Crippen LogP contribution is -2.42. The highest BCUT2D eigenvalue weighted by atomic mass is 16.5. The van der Waals surface area contributed by atoms with Gasteiger partial charge in [-0.15, -0.1) is 0 Å². The number of ether oxygens (including phenoxy) is 3. The summed E-state index contributed by atoms with van der Waals surface area (Å²) in [5.74, 6) is -0.299. The van der Waals surface area contributed by atoms with Crippen molar-refractivity contribution in [2.75, 3.05) is 25.6 Å². The normalized spacial score (nSPS) is 13.0. The number of anilines is 1. The van der Waals surface area contributed by atoms with Crippen molar-refractivity contribution in [1.29, 1.82) is 0 Å². The lowest BCUT2D eigenvalue weighted by Gasteiger charge is -2.28. The maximum absolute atomic E-state index is 12.8. The Kier molecular flexibility index (Phi) is 9.13. The minimum atomic E-state index is -0.909. The molecule has 146 valence electrons. The molecule has 6 heteroatoms. The Balaban J connectivity index is 3.03. The number of carbonyl (C=O) groups excluding carboxylic acids is 2. The van der Waals surface area contributed by atoms with E-state index in [-0.39, 0.29) is 11.5 Å². The van der Waals surface area contributed by atoms with Gasteiger partial charge in [0, 0.05) is 12.3 Å². The van der Waals surface area contributed by atoms with E-state index in [0.717, 1.165) is 19.3 Å². The molecule has 0 bridgehead atoms. The average Bonchev–Trinajstić information content (AvgIpc) is 2.64. The van der Waals surface area contributed by atoms with Crippen LogP contribution in [0, 0.1) is 0 Å². The molecule has 1 aromatic rings. The van der Waals surface area contributed by atoms with Crippen molar-refractivity contribution >= 4 is 17.6 Å². The Morgan fingerprint density at radius 3 is 2.46 bits per heavy atom. The minimum absolute atomic E-state index is 0.231. The smallest absolute Gasteiger partial charge is 0.341 e. The zero-order valence-corrected chi connectivity index (χ0v) is 16.5. The molecular formula is C20H31NO5. The standard InChI is InChI=1S/C20H31NO5/c1-6-9-12-20(4,26-8-3)19(23)21-15-10-11-17(25-13-7-2)16(14-15)18(22)24-5/h10-11,14H,6-9,12-13H2,1-5H3,(H,21,23). The zero-order valence-electron chi connectivity index (χ0n) is 16.5. The number of rotatable bonds is 11. The van der Waals surface area contributed by atoms with Crippen LogP contribution in [0.1, 0.15) is 63.7 Å². The maximum atomic E-state index is 12.8. The number of amides is 1. The first kappa shape index (κ1) is 22.0. The Morgan fingerprint density at radius 2 is 1.88 bits per heavy atom. The summed E-state index contributed by atoms with van der Waals surface area (Å²) in [7, 11) is 1.31. The summed E-state index contributed by atoms with van der Waals surface area (Å²) < 4.78 is 16.1. The van der Waals surface area contributed by atoms with Crippen LogP contribution in [0.25, 0.3) is 0 Å². The molecule has 6 nitrogen and oxygen atoms in total. The largest absolute Gasteiger partial charge is 0.493 e. The van der Waals surface area contributed by atoms with Crippen LogP contribution in [-0.2, 0) is 14.3 Å². The molecule has 1 amide bonds. The van der Waals surface area contributed by atoms with Crippen molar-refractivity contribution in [3.8, 4) is 5.75 Å². The van der Waals surface area contributed by atoms with Crippen LogP contribution in [0.3, 0.4) is 0 Å². The first-order valence-electron chi connectivity index (χ1n) is 9.22. The summed E-state index contributed by atoms with van der Waals surface area (Å²) in [6.07, 6.45) is 3.32. The van der Waals surface area contributed by atoms with Gasteiger partial charge in [0.05, 0.1) is 13.7 Å². The Labute approximate surface area is 156 Å². The second-order valence-electron chi connectivity index (χ2n) is 6.27. The summed E-state index contributed by atoms with van der Waals surface area (Å²) in [5.41, 5.74) is -0.125. The Bertz CT molecular complexity index is 602. The van der Waals surface area contributed by atoms with Gasteiger partial charge in [-0.05, 0) is 44.9 Å². The number of esters is 1.